The van der Waals surface area contributed by atoms with E-state index in [1.54, 1.807) is 0 Å². The second-order valence-electron chi connectivity index (χ2n) is 3.77. The Balaban J connectivity index is 3.76. The highest BCUT2D eigenvalue weighted by atomic mass is 16.2. The van der Waals surface area contributed by atoms with Crippen LogP contribution < -0.4 is 11.1 Å². The number of hydrogen-bond acceptors (Lipinski definition) is 3. The molecule has 0 fully saturated rings. The Labute approximate surface area is 93.2 Å². The summed E-state index contributed by atoms with van der Waals surface area (Å²) in [4.78, 5) is 13.6. The first-order valence-corrected chi connectivity index (χ1v) is 5.93. The van der Waals surface area contributed by atoms with Gasteiger partial charge in [-0.05, 0) is 38.9 Å². The molecule has 0 unspecified atom stereocenters. The molecule has 0 bridgehead atoms. The molecule has 0 aromatic carbocycles. The summed E-state index contributed by atoms with van der Waals surface area (Å²) in [5.74, 6) is 0.127. The minimum absolute atomic E-state index is 0.127. The Morgan fingerprint density at radius 1 is 1.27 bits per heavy atom. The molecule has 3 N–H and O–H groups in total. The zero-order valence-electron chi connectivity index (χ0n) is 10.1. The molecule has 0 spiro atoms. The van der Waals surface area contributed by atoms with E-state index in [1.807, 2.05) is 0 Å². The molecule has 0 aromatic heterocycles. The number of nitrogens with one attached hydrogen (secondary N) is 1. The molecule has 0 aliphatic rings. The average molecular weight is 215 g/mol. The van der Waals surface area contributed by atoms with Crippen LogP contribution in [0.2, 0.25) is 0 Å². The van der Waals surface area contributed by atoms with Crippen LogP contribution in [0.3, 0.4) is 0 Å². The SMILES string of the molecule is CCCNC(=O)CN(CCC)CCCN. The lowest BCUT2D eigenvalue weighted by atomic mass is 10.3. The van der Waals surface area contributed by atoms with Gasteiger partial charge in [-0.3, -0.25) is 9.69 Å². The summed E-state index contributed by atoms with van der Waals surface area (Å²) < 4.78 is 0. The summed E-state index contributed by atoms with van der Waals surface area (Å²) in [5.41, 5.74) is 5.46. The predicted molar refractivity (Wildman–Crippen MR) is 63.7 cm³/mol. The standard InChI is InChI=1S/C11H25N3O/c1-3-7-13-11(15)10-14(8-4-2)9-5-6-12/h3-10,12H2,1-2H3,(H,13,15). The third-order valence-electron chi connectivity index (χ3n) is 2.16. The van der Waals surface area contributed by atoms with Crippen molar-refractivity contribution in [2.45, 2.75) is 33.1 Å². The van der Waals surface area contributed by atoms with Crippen LogP contribution in [-0.4, -0.2) is 43.5 Å². The van der Waals surface area contributed by atoms with E-state index in [4.69, 9.17) is 5.73 Å². The van der Waals surface area contributed by atoms with Gasteiger partial charge in [0, 0.05) is 6.54 Å². The third kappa shape index (κ3) is 8.39. The summed E-state index contributed by atoms with van der Waals surface area (Å²) in [5, 5.41) is 2.89. The van der Waals surface area contributed by atoms with Crippen molar-refractivity contribution in [3.63, 3.8) is 0 Å². The van der Waals surface area contributed by atoms with Crippen molar-refractivity contribution in [2.24, 2.45) is 5.73 Å². The molecule has 0 radical (unpaired) electrons. The second-order valence-corrected chi connectivity index (χ2v) is 3.77. The van der Waals surface area contributed by atoms with Gasteiger partial charge in [-0.2, -0.15) is 0 Å². The first-order chi connectivity index (χ1) is 7.24. The van der Waals surface area contributed by atoms with Crippen LogP contribution in [0.1, 0.15) is 33.1 Å². The van der Waals surface area contributed by atoms with Crippen molar-refractivity contribution in [1.29, 1.82) is 0 Å². The number of rotatable bonds is 9. The molecule has 0 aromatic rings. The number of carbonyl (C=O) groups is 1. The van der Waals surface area contributed by atoms with Crippen molar-refractivity contribution in [1.82, 2.24) is 10.2 Å². The van der Waals surface area contributed by atoms with E-state index in [1.165, 1.54) is 0 Å². The molecule has 0 rings (SSSR count). The van der Waals surface area contributed by atoms with Crippen LogP contribution in [0.15, 0.2) is 0 Å². The van der Waals surface area contributed by atoms with Crippen molar-refractivity contribution >= 4 is 5.91 Å². The fraction of sp³-hybridized carbons (Fsp3) is 0.909. The normalized spacial score (nSPS) is 10.7. The molecule has 90 valence electrons. The van der Waals surface area contributed by atoms with Crippen molar-refractivity contribution in [2.75, 3.05) is 32.7 Å². The van der Waals surface area contributed by atoms with E-state index < -0.39 is 0 Å². The van der Waals surface area contributed by atoms with Crippen molar-refractivity contribution in [3.8, 4) is 0 Å². The third-order valence-corrected chi connectivity index (χ3v) is 2.16. The Morgan fingerprint density at radius 2 is 2.00 bits per heavy atom. The molecule has 1 amide bonds. The van der Waals surface area contributed by atoms with E-state index in [0.29, 0.717) is 13.1 Å². The van der Waals surface area contributed by atoms with Gasteiger partial charge in [0.2, 0.25) is 5.91 Å². The summed E-state index contributed by atoms with van der Waals surface area (Å²) in [7, 11) is 0. The minimum atomic E-state index is 0.127. The number of hydrogen-bond donors (Lipinski definition) is 2. The molecule has 0 aliphatic heterocycles. The lowest BCUT2D eigenvalue weighted by molar-refractivity contribution is -0.122. The largest absolute Gasteiger partial charge is 0.355 e. The zero-order valence-corrected chi connectivity index (χ0v) is 10.1. The van der Waals surface area contributed by atoms with E-state index in [-0.39, 0.29) is 5.91 Å². The molecular weight excluding hydrogens is 190 g/mol. The van der Waals surface area contributed by atoms with Crippen LogP contribution in [0.5, 0.6) is 0 Å². The van der Waals surface area contributed by atoms with Crippen molar-refractivity contribution < 1.29 is 4.79 Å². The summed E-state index contributed by atoms with van der Waals surface area (Å²) in [6, 6.07) is 0. The first-order valence-electron chi connectivity index (χ1n) is 5.93. The molecular formula is C11H25N3O. The lowest BCUT2D eigenvalue weighted by Crippen LogP contribution is -2.38. The highest BCUT2D eigenvalue weighted by Gasteiger charge is 2.08. The number of amides is 1. The predicted octanol–water partition coefficient (Wildman–Crippen LogP) is 0.573. The minimum Gasteiger partial charge on any atom is -0.355 e. The highest BCUT2D eigenvalue weighted by molar-refractivity contribution is 5.77. The summed E-state index contributed by atoms with van der Waals surface area (Å²) >= 11 is 0. The Hall–Kier alpha value is -0.610. The zero-order chi connectivity index (χ0) is 11.5. The summed E-state index contributed by atoms with van der Waals surface area (Å²) in [6.45, 7) is 8.04. The Kier molecular flexibility index (Phi) is 9.52. The van der Waals surface area contributed by atoms with Gasteiger partial charge >= 0.3 is 0 Å². The van der Waals surface area contributed by atoms with Crippen LogP contribution >= 0.6 is 0 Å². The molecule has 0 saturated heterocycles. The maximum atomic E-state index is 11.5. The number of nitrogens with zero attached hydrogens (tertiary/aromatic N) is 1. The Morgan fingerprint density at radius 3 is 2.53 bits per heavy atom. The van der Waals surface area contributed by atoms with Crippen LogP contribution in [0.4, 0.5) is 0 Å². The van der Waals surface area contributed by atoms with E-state index in [0.717, 1.165) is 38.9 Å². The molecule has 0 atom stereocenters. The quantitative estimate of drug-likeness (QED) is 0.591. The first kappa shape index (κ1) is 14.4. The van der Waals surface area contributed by atoms with Gasteiger partial charge in [-0.25, -0.2) is 0 Å². The van der Waals surface area contributed by atoms with Crippen LogP contribution in [0, 0.1) is 0 Å². The van der Waals surface area contributed by atoms with Gasteiger partial charge < -0.3 is 11.1 Å². The van der Waals surface area contributed by atoms with Gasteiger partial charge in [0.05, 0.1) is 6.54 Å². The van der Waals surface area contributed by atoms with Gasteiger partial charge in [-0.15, -0.1) is 0 Å². The molecule has 0 heterocycles. The smallest absolute Gasteiger partial charge is 0.234 e. The Bertz CT molecular complexity index is 162. The van der Waals surface area contributed by atoms with Gasteiger partial charge in [0.1, 0.15) is 0 Å². The van der Waals surface area contributed by atoms with E-state index in [2.05, 4.69) is 24.1 Å². The van der Waals surface area contributed by atoms with E-state index >= 15 is 0 Å². The average Bonchev–Trinajstić information content (AvgIpc) is 2.23. The molecule has 0 saturated carbocycles. The van der Waals surface area contributed by atoms with Crippen LogP contribution in [-0.2, 0) is 4.79 Å². The topological polar surface area (TPSA) is 58.4 Å². The maximum absolute atomic E-state index is 11.5. The van der Waals surface area contributed by atoms with Gasteiger partial charge in [0.15, 0.2) is 0 Å². The number of carbonyl (C=O) groups excluding carboxylic acids is 1. The number of nitrogens with two attached hydrogens (primary N) is 1. The monoisotopic (exact) mass is 215 g/mol. The van der Waals surface area contributed by atoms with Gasteiger partial charge in [0.25, 0.3) is 0 Å². The molecule has 4 nitrogen and oxygen atoms in total. The lowest BCUT2D eigenvalue weighted by Gasteiger charge is -2.20. The fourth-order valence-electron chi connectivity index (χ4n) is 1.42. The summed E-state index contributed by atoms with van der Waals surface area (Å²) in [6.07, 6.45) is 3.02. The molecule has 0 aliphatic carbocycles. The molecule has 4 heteroatoms. The maximum Gasteiger partial charge on any atom is 0.234 e. The van der Waals surface area contributed by atoms with Gasteiger partial charge in [-0.1, -0.05) is 13.8 Å². The van der Waals surface area contributed by atoms with Crippen molar-refractivity contribution in [3.05, 3.63) is 0 Å². The molecule has 15 heavy (non-hydrogen) atoms. The van der Waals surface area contributed by atoms with E-state index in [9.17, 15) is 4.79 Å². The fourth-order valence-corrected chi connectivity index (χ4v) is 1.42. The second kappa shape index (κ2) is 9.93. The van der Waals surface area contributed by atoms with Crippen LogP contribution in [0.25, 0.3) is 0 Å². The highest BCUT2D eigenvalue weighted by Crippen LogP contribution is 1.93.